The number of pyridine rings is 1. The van der Waals surface area contributed by atoms with Crippen LogP contribution < -0.4 is 19.8 Å². The number of carbonyl (C=O) groups excluding carboxylic acids is 2. The summed E-state index contributed by atoms with van der Waals surface area (Å²) in [5.41, 5.74) is 4.78. The molecule has 0 spiro atoms. The Morgan fingerprint density at radius 1 is 0.726 bits per heavy atom. The minimum absolute atomic E-state index is 0.0738. The van der Waals surface area contributed by atoms with Gasteiger partial charge in [0.05, 0.1) is 11.4 Å². The molecule has 0 saturated carbocycles. The monoisotopic (exact) mass is 887 g/mol. The van der Waals surface area contributed by atoms with Crippen LogP contribution in [0.15, 0.2) is 85.3 Å². The fourth-order valence-corrected chi connectivity index (χ4v) is 9.73. The zero-order valence-corrected chi connectivity index (χ0v) is 35.8. The van der Waals surface area contributed by atoms with Crippen LogP contribution in [0.3, 0.4) is 0 Å². The molecule has 3 aromatic carbocycles. The third kappa shape index (κ3) is 10.7. The number of carbonyl (C=O) groups is 2. The number of hydrogen-bond donors (Lipinski definition) is 2. The Labute approximate surface area is 366 Å². The molecule has 2 aromatic heterocycles. The Hall–Kier alpha value is -5.29. The molecular weight excluding hydrogens is 839 g/mol. The summed E-state index contributed by atoms with van der Waals surface area (Å²) in [6, 6.07) is 18.7. The van der Waals surface area contributed by atoms with Crippen molar-refractivity contribution in [3.05, 3.63) is 108 Å². The number of hydrogen-bond acceptors (Lipinski definition) is 8. The first-order valence-electron chi connectivity index (χ1n) is 21.1. The summed E-state index contributed by atoms with van der Waals surface area (Å²) < 4.78 is 63.1. The van der Waals surface area contributed by atoms with Crippen molar-refractivity contribution in [1.29, 1.82) is 0 Å². The zero-order chi connectivity index (χ0) is 43.2. The molecule has 12 nitrogen and oxygen atoms in total. The summed E-state index contributed by atoms with van der Waals surface area (Å²) in [5.74, 6) is -1.34. The van der Waals surface area contributed by atoms with E-state index in [4.69, 9.17) is 16.7 Å². The quantitative estimate of drug-likeness (QED) is 0.138. The number of nitrogens with one attached hydrogen (secondary N) is 2. The van der Waals surface area contributed by atoms with E-state index in [1.165, 1.54) is 18.2 Å². The maximum Gasteiger partial charge on any atom is 0.226 e. The van der Waals surface area contributed by atoms with E-state index in [1.54, 1.807) is 33.6 Å². The maximum absolute atomic E-state index is 16.3. The van der Waals surface area contributed by atoms with E-state index < -0.39 is 28.6 Å². The van der Waals surface area contributed by atoms with Gasteiger partial charge in [-0.05, 0) is 98.7 Å². The average Bonchev–Trinajstić information content (AvgIpc) is 3.98. The molecule has 1 atom stereocenters. The van der Waals surface area contributed by atoms with Crippen molar-refractivity contribution in [2.75, 3.05) is 73.4 Å². The van der Waals surface area contributed by atoms with Crippen molar-refractivity contribution in [3.8, 4) is 28.1 Å². The fraction of sp³-hybridized carbons (Fsp3) is 0.378. The number of imide groups is 1. The van der Waals surface area contributed by atoms with Crippen LogP contribution in [0.4, 0.5) is 30.2 Å². The van der Waals surface area contributed by atoms with Crippen LogP contribution in [0.1, 0.15) is 44.9 Å². The number of anilines is 3. The van der Waals surface area contributed by atoms with Crippen LogP contribution >= 0.6 is 11.6 Å². The average molecular weight is 888 g/mol. The third-order valence-electron chi connectivity index (χ3n) is 11.8. The van der Waals surface area contributed by atoms with Crippen LogP contribution in [0.2, 0.25) is 5.02 Å². The van der Waals surface area contributed by atoms with Gasteiger partial charge in [0.2, 0.25) is 11.8 Å². The van der Waals surface area contributed by atoms with Gasteiger partial charge in [0, 0.05) is 129 Å². The predicted molar refractivity (Wildman–Crippen MR) is 237 cm³/mol. The van der Waals surface area contributed by atoms with Gasteiger partial charge in [-0.3, -0.25) is 29.5 Å². The summed E-state index contributed by atoms with van der Waals surface area (Å²) in [7, 11) is 0. The van der Waals surface area contributed by atoms with Crippen LogP contribution in [-0.4, -0.2) is 98.9 Å². The number of aromatic nitrogens is 3. The molecule has 0 radical (unpaired) electrons. The van der Waals surface area contributed by atoms with Gasteiger partial charge in [0.1, 0.15) is 17.3 Å². The highest BCUT2D eigenvalue weighted by Gasteiger charge is 2.26. The lowest BCUT2D eigenvalue weighted by molar-refractivity contribution is -0.132. The zero-order valence-electron chi connectivity index (χ0n) is 34.2. The number of benzene rings is 3. The van der Waals surface area contributed by atoms with Crippen LogP contribution in [0.25, 0.3) is 28.1 Å². The first kappa shape index (κ1) is 43.4. The molecule has 9 rings (SSSR count). The Bertz CT molecular complexity index is 2350. The van der Waals surface area contributed by atoms with Crippen molar-refractivity contribution in [2.45, 2.75) is 44.9 Å². The lowest BCUT2D eigenvalue weighted by Crippen LogP contribution is -2.49. The molecule has 0 aliphatic carbocycles. The minimum Gasteiger partial charge on any atom is -0.371 e. The second-order valence-electron chi connectivity index (χ2n) is 16.1. The molecular formula is C45H49ClF3N9O3S. The van der Waals surface area contributed by atoms with Crippen LogP contribution in [-0.2, 0) is 20.8 Å². The minimum atomic E-state index is -1.58. The number of amides is 2. The number of piperidine rings is 2. The molecule has 4 saturated heterocycles. The van der Waals surface area contributed by atoms with E-state index in [2.05, 4.69) is 41.9 Å². The molecule has 2 amide bonds. The molecule has 62 heavy (non-hydrogen) atoms. The SMILES string of the molecule is O=C1CCCC(=O)N1.O=S(Nc1cc(Cl)cc(-c2cn(-c3ccc(N4CCN(CC5CCN(c6cc(F)cc(F)c6)CC5)CC4)cc3)nc2-c2ccncc2)c1F)N1CCCC1. The summed E-state index contributed by atoms with van der Waals surface area (Å²) in [4.78, 5) is 31.8. The van der Waals surface area contributed by atoms with Crippen LogP contribution in [0, 0.1) is 23.4 Å². The maximum atomic E-state index is 16.3. The largest absolute Gasteiger partial charge is 0.371 e. The van der Waals surface area contributed by atoms with E-state index in [9.17, 15) is 22.6 Å². The molecule has 4 aliphatic rings. The Balaban J connectivity index is 0.000000596. The summed E-state index contributed by atoms with van der Waals surface area (Å²) in [5, 5.41) is 7.44. The Kier molecular flexibility index (Phi) is 13.9. The Morgan fingerprint density at radius 2 is 1.35 bits per heavy atom. The molecule has 1 unspecified atom stereocenters. The highest BCUT2D eigenvalue weighted by Crippen LogP contribution is 2.38. The summed E-state index contributed by atoms with van der Waals surface area (Å²) >= 11 is 4.95. The van der Waals surface area contributed by atoms with Crippen molar-refractivity contribution < 1.29 is 27.0 Å². The lowest BCUT2D eigenvalue weighted by atomic mass is 9.95. The van der Waals surface area contributed by atoms with Gasteiger partial charge in [-0.1, -0.05) is 11.6 Å². The highest BCUT2D eigenvalue weighted by atomic mass is 35.5. The Morgan fingerprint density at radius 3 is 1.98 bits per heavy atom. The van der Waals surface area contributed by atoms with Crippen molar-refractivity contribution >= 4 is 51.6 Å². The summed E-state index contributed by atoms with van der Waals surface area (Å²) in [6.45, 7) is 7.75. The van der Waals surface area contributed by atoms with Gasteiger partial charge >= 0.3 is 0 Å². The molecule has 4 fully saturated rings. The number of piperazine rings is 1. The topological polar surface area (TPSA) is 119 Å². The van der Waals surface area contributed by atoms with Crippen molar-refractivity contribution in [2.24, 2.45) is 5.92 Å². The van der Waals surface area contributed by atoms with E-state index in [-0.39, 0.29) is 23.1 Å². The van der Waals surface area contributed by atoms with Gasteiger partial charge < -0.3 is 9.80 Å². The highest BCUT2D eigenvalue weighted by molar-refractivity contribution is 7.84. The van der Waals surface area contributed by atoms with E-state index in [0.29, 0.717) is 60.2 Å². The van der Waals surface area contributed by atoms with Gasteiger partial charge in [-0.15, -0.1) is 0 Å². The number of rotatable bonds is 10. The third-order valence-corrected chi connectivity index (χ3v) is 13.2. The molecule has 4 aliphatic heterocycles. The molecule has 326 valence electrons. The van der Waals surface area contributed by atoms with E-state index in [1.807, 2.05) is 24.3 Å². The smallest absolute Gasteiger partial charge is 0.226 e. The molecule has 5 aromatic rings. The summed E-state index contributed by atoms with van der Waals surface area (Å²) in [6.07, 6.45) is 10.8. The van der Waals surface area contributed by atoms with Gasteiger partial charge in [0.15, 0.2) is 17.0 Å². The van der Waals surface area contributed by atoms with E-state index in [0.717, 1.165) is 94.5 Å². The predicted octanol–water partition coefficient (Wildman–Crippen LogP) is 7.61. The molecule has 2 N–H and O–H groups in total. The number of nitrogens with zero attached hydrogens (tertiary/aromatic N) is 7. The normalized spacial score (nSPS) is 18.3. The first-order valence-corrected chi connectivity index (χ1v) is 22.6. The molecule has 0 bridgehead atoms. The van der Waals surface area contributed by atoms with Crippen molar-refractivity contribution in [3.63, 3.8) is 0 Å². The van der Waals surface area contributed by atoms with Crippen LogP contribution in [0.5, 0.6) is 0 Å². The standard InChI is InChI=1S/C40H42ClF3N8OS.C5H7NO2/c41-30-21-36(39(44)38(22-30)47-54(53)51-13-1-2-14-51)37-27-52(46-40(37)29-7-11-45-12-8-29)34-5-3-33(4-6-34)50-19-17-48(18-20-50)26-28-9-15-49(16-10-28)35-24-31(42)23-32(43)25-35;7-4-2-1-3-5(8)6-4/h3-8,11-12,21-25,27-28,47H,1-2,9-10,13-20,26H2;1-3H2,(H,6,7,8). The number of halogens is 4. The lowest BCUT2D eigenvalue weighted by Gasteiger charge is -2.40. The fourth-order valence-electron chi connectivity index (χ4n) is 8.45. The second-order valence-corrected chi connectivity index (χ2v) is 17.7. The second kappa shape index (κ2) is 19.8. The van der Waals surface area contributed by atoms with Crippen molar-refractivity contribution in [1.82, 2.24) is 29.3 Å². The molecule has 6 heterocycles. The van der Waals surface area contributed by atoms with E-state index >= 15 is 4.39 Å². The van der Waals surface area contributed by atoms with Gasteiger partial charge in [-0.25, -0.2) is 26.4 Å². The first-order chi connectivity index (χ1) is 30.1. The van der Waals surface area contributed by atoms with Gasteiger partial charge in [-0.2, -0.15) is 5.10 Å². The van der Waals surface area contributed by atoms with Gasteiger partial charge in [0.25, 0.3) is 0 Å². The molecule has 17 heteroatoms.